The van der Waals surface area contributed by atoms with Gasteiger partial charge in [-0.25, -0.2) is 17.2 Å². The zero-order valence-corrected chi connectivity index (χ0v) is 14.7. The first kappa shape index (κ1) is 19.8. The van der Waals surface area contributed by atoms with E-state index >= 15 is 0 Å². The summed E-state index contributed by atoms with van der Waals surface area (Å²) in [5, 5.41) is 0. The van der Waals surface area contributed by atoms with Crippen LogP contribution in [-0.4, -0.2) is 45.5 Å². The number of para-hydroxylation sites is 1. The van der Waals surface area contributed by atoms with Crippen LogP contribution in [0.25, 0.3) is 0 Å². The number of halogens is 2. The Bertz CT molecular complexity index is 856. The molecular formula is C17H17F2NO5S. The maximum Gasteiger partial charge on any atom is 0.321 e. The molecule has 0 saturated heterocycles. The number of rotatable bonds is 8. The van der Waals surface area contributed by atoms with Crippen molar-refractivity contribution in [2.75, 3.05) is 26.8 Å². The third-order valence-corrected chi connectivity index (χ3v) is 5.13. The van der Waals surface area contributed by atoms with E-state index in [9.17, 15) is 22.0 Å². The van der Waals surface area contributed by atoms with E-state index in [2.05, 4.69) is 0 Å². The molecule has 0 saturated carbocycles. The zero-order chi connectivity index (χ0) is 19.2. The van der Waals surface area contributed by atoms with Gasteiger partial charge >= 0.3 is 5.97 Å². The molecule has 0 aromatic heterocycles. The highest BCUT2D eigenvalue weighted by molar-refractivity contribution is 7.89. The van der Waals surface area contributed by atoms with Crippen LogP contribution in [0, 0.1) is 11.6 Å². The van der Waals surface area contributed by atoms with Gasteiger partial charge in [-0.15, -0.1) is 0 Å². The van der Waals surface area contributed by atoms with Crippen LogP contribution in [0.3, 0.4) is 0 Å². The topological polar surface area (TPSA) is 72.9 Å². The van der Waals surface area contributed by atoms with Crippen LogP contribution in [-0.2, 0) is 19.6 Å². The summed E-state index contributed by atoms with van der Waals surface area (Å²) in [7, 11) is -2.74. The quantitative estimate of drug-likeness (QED) is 0.515. The fourth-order valence-electron chi connectivity index (χ4n) is 1.97. The molecule has 0 atom stereocenters. The van der Waals surface area contributed by atoms with Gasteiger partial charge < -0.3 is 9.47 Å². The smallest absolute Gasteiger partial charge is 0.321 e. The number of sulfonamides is 1. The molecule has 6 nitrogen and oxygen atoms in total. The number of hydrogen-bond acceptors (Lipinski definition) is 5. The molecule has 0 radical (unpaired) electrons. The maximum atomic E-state index is 13.3. The normalized spacial score (nSPS) is 11.4. The maximum absolute atomic E-state index is 13.3. The molecule has 140 valence electrons. The Morgan fingerprint density at radius 3 is 2.35 bits per heavy atom. The van der Waals surface area contributed by atoms with Crippen molar-refractivity contribution in [1.82, 2.24) is 4.31 Å². The minimum absolute atomic E-state index is 0.0274. The third-order valence-electron chi connectivity index (χ3n) is 3.31. The van der Waals surface area contributed by atoms with Crippen LogP contribution < -0.4 is 4.74 Å². The second-order valence-electron chi connectivity index (χ2n) is 5.21. The lowest BCUT2D eigenvalue weighted by Crippen LogP contribution is -2.33. The van der Waals surface area contributed by atoms with Crippen molar-refractivity contribution in [2.45, 2.75) is 4.90 Å². The molecule has 2 aromatic rings. The van der Waals surface area contributed by atoms with Crippen molar-refractivity contribution in [3.8, 4) is 5.75 Å². The van der Waals surface area contributed by atoms with Gasteiger partial charge in [-0.3, -0.25) is 4.79 Å². The number of ether oxygens (including phenoxy) is 2. The van der Waals surface area contributed by atoms with Crippen LogP contribution in [0.1, 0.15) is 0 Å². The van der Waals surface area contributed by atoms with Crippen molar-refractivity contribution >= 4 is 16.0 Å². The van der Waals surface area contributed by atoms with Gasteiger partial charge in [0.15, 0.2) is 11.6 Å². The first-order valence-corrected chi connectivity index (χ1v) is 8.99. The summed E-state index contributed by atoms with van der Waals surface area (Å²) < 4.78 is 61.5. The average molecular weight is 385 g/mol. The van der Waals surface area contributed by atoms with Crippen molar-refractivity contribution in [1.29, 1.82) is 0 Å². The fraction of sp³-hybridized carbons (Fsp3) is 0.235. The molecule has 9 heteroatoms. The predicted molar refractivity (Wildman–Crippen MR) is 89.1 cm³/mol. The van der Waals surface area contributed by atoms with E-state index in [1.807, 2.05) is 0 Å². The number of esters is 1. The highest BCUT2D eigenvalue weighted by Crippen LogP contribution is 2.16. The molecule has 0 N–H and O–H groups in total. The van der Waals surface area contributed by atoms with Gasteiger partial charge in [-0.1, -0.05) is 12.1 Å². The first-order chi connectivity index (χ1) is 12.3. The van der Waals surface area contributed by atoms with Gasteiger partial charge in [0.25, 0.3) is 0 Å². The van der Waals surface area contributed by atoms with E-state index in [1.54, 1.807) is 6.07 Å². The van der Waals surface area contributed by atoms with E-state index in [4.69, 9.17) is 9.47 Å². The number of carbonyl (C=O) groups is 1. The lowest BCUT2D eigenvalue weighted by Gasteiger charge is -2.16. The van der Waals surface area contributed by atoms with Crippen LogP contribution in [0.5, 0.6) is 5.75 Å². The second-order valence-corrected chi connectivity index (χ2v) is 7.26. The predicted octanol–water partition coefficient (Wildman–Crippen LogP) is 2.21. The minimum Gasteiger partial charge on any atom is -0.487 e. The minimum atomic E-state index is -3.95. The molecule has 0 fully saturated rings. The van der Waals surface area contributed by atoms with Gasteiger partial charge in [0.1, 0.15) is 25.6 Å². The highest BCUT2D eigenvalue weighted by atomic mass is 32.2. The molecule has 0 aliphatic carbocycles. The summed E-state index contributed by atoms with van der Waals surface area (Å²) in [6, 6.07) is 10.0. The van der Waals surface area contributed by atoms with E-state index in [0.717, 1.165) is 28.6 Å². The molecule has 26 heavy (non-hydrogen) atoms. The summed E-state index contributed by atoms with van der Waals surface area (Å²) in [6.45, 7) is -0.780. The highest BCUT2D eigenvalue weighted by Gasteiger charge is 2.23. The fourth-order valence-corrected chi connectivity index (χ4v) is 3.08. The van der Waals surface area contributed by atoms with Crippen LogP contribution in [0.2, 0.25) is 0 Å². The Labute approximate surface area is 150 Å². The van der Waals surface area contributed by atoms with Crippen LogP contribution in [0.4, 0.5) is 8.78 Å². The summed E-state index contributed by atoms with van der Waals surface area (Å²) in [6.07, 6.45) is 0. The molecule has 2 aromatic carbocycles. The van der Waals surface area contributed by atoms with E-state index in [1.165, 1.54) is 25.2 Å². The number of carbonyl (C=O) groups excluding carboxylic acids is 1. The molecule has 0 spiro atoms. The third kappa shape index (κ3) is 5.24. The van der Waals surface area contributed by atoms with Crippen molar-refractivity contribution in [2.24, 2.45) is 0 Å². The number of nitrogens with zero attached hydrogens (tertiary/aromatic N) is 1. The van der Waals surface area contributed by atoms with Crippen LogP contribution in [0.15, 0.2) is 53.4 Å². The van der Waals surface area contributed by atoms with Gasteiger partial charge in [-0.05, 0) is 36.4 Å². The Hall–Kier alpha value is -2.52. The second kappa shape index (κ2) is 8.72. The Kier molecular flexibility index (Phi) is 6.64. The molecule has 0 unspecified atom stereocenters. The van der Waals surface area contributed by atoms with E-state index < -0.39 is 34.2 Å². The Balaban J connectivity index is 1.81. The summed E-state index contributed by atoms with van der Waals surface area (Å²) in [5.41, 5.74) is 0. The lowest BCUT2D eigenvalue weighted by atomic mass is 10.3. The number of likely N-dealkylation sites (N-methyl/N-ethyl adjacent to an activating group) is 1. The van der Waals surface area contributed by atoms with Gasteiger partial charge in [0, 0.05) is 7.05 Å². The van der Waals surface area contributed by atoms with Gasteiger partial charge in [0.05, 0.1) is 4.90 Å². The summed E-state index contributed by atoms with van der Waals surface area (Å²) in [5.74, 6) is -1.88. The molecule has 2 rings (SSSR count). The molecule has 0 amide bonds. The standard InChI is InChI=1S/C17H17F2NO5S/c1-20(26(22,23)14-8-6-13(18)7-9-14)12-17(21)25-11-10-24-16-5-3-2-4-15(16)19/h2-9H,10-12H2,1H3. The van der Waals surface area contributed by atoms with Crippen molar-refractivity contribution in [3.05, 3.63) is 60.2 Å². The van der Waals surface area contributed by atoms with Crippen LogP contribution >= 0.6 is 0 Å². The number of hydrogen-bond donors (Lipinski definition) is 0. The first-order valence-electron chi connectivity index (χ1n) is 7.55. The Morgan fingerprint density at radius 2 is 1.69 bits per heavy atom. The number of benzene rings is 2. The molecule has 0 bridgehead atoms. The lowest BCUT2D eigenvalue weighted by molar-refractivity contribution is -0.144. The van der Waals surface area contributed by atoms with E-state index in [0.29, 0.717) is 0 Å². The van der Waals surface area contributed by atoms with E-state index in [-0.39, 0.29) is 23.9 Å². The van der Waals surface area contributed by atoms with Gasteiger partial charge in [0.2, 0.25) is 10.0 Å². The average Bonchev–Trinajstić information content (AvgIpc) is 2.60. The zero-order valence-electron chi connectivity index (χ0n) is 13.9. The largest absolute Gasteiger partial charge is 0.487 e. The monoisotopic (exact) mass is 385 g/mol. The SMILES string of the molecule is CN(CC(=O)OCCOc1ccccc1F)S(=O)(=O)c1ccc(F)cc1. The molecule has 0 heterocycles. The van der Waals surface area contributed by atoms with Crippen molar-refractivity contribution in [3.63, 3.8) is 0 Å². The summed E-state index contributed by atoms with van der Waals surface area (Å²) in [4.78, 5) is 11.6. The summed E-state index contributed by atoms with van der Waals surface area (Å²) >= 11 is 0. The molecule has 0 aliphatic rings. The van der Waals surface area contributed by atoms with Crippen molar-refractivity contribution < 1.29 is 31.5 Å². The molecular weight excluding hydrogens is 368 g/mol. The Morgan fingerprint density at radius 1 is 1.04 bits per heavy atom. The molecule has 0 aliphatic heterocycles. The van der Waals surface area contributed by atoms with Gasteiger partial charge in [-0.2, -0.15) is 4.31 Å².